The van der Waals surface area contributed by atoms with E-state index in [1.807, 2.05) is 79.0 Å². The number of carbonyl (C=O) groups excluding carboxylic acids is 1. The van der Waals surface area contributed by atoms with Crippen molar-refractivity contribution in [3.63, 3.8) is 0 Å². The molecule has 4 aromatic rings. The third-order valence-corrected chi connectivity index (χ3v) is 5.76. The first kappa shape index (κ1) is 19.3. The summed E-state index contributed by atoms with van der Waals surface area (Å²) in [5.41, 5.74) is 6.26. The molecule has 6 heteroatoms. The molecule has 144 valence electrons. The molecule has 4 rings (SSSR count). The van der Waals surface area contributed by atoms with Crippen molar-refractivity contribution in [1.29, 1.82) is 0 Å². The summed E-state index contributed by atoms with van der Waals surface area (Å²) in [5, 5.41) is 5.88. The van der Waals surface area contributed by atoms with Crippen LogP contribution in [0.4, 0.5) is 0 Å². The zero-order valence-corrected chi connectivity index (χ0v) is 17.0. The summed E-state index contributed by atoms with van der Waals surface area (Å²) in [4.78, 5) is 16.6. The average molecular weight is 420 g/mol. The first-order valence-corrected chi connectivity index (χ1v) is 10.4. The number of hydrogen-bond acceptors (Lipinski definition) is 3. The van der Waals surface area contributed by atoms with E-state index in [-0.39, 0.29) is 5.91 Å². The van der Waals surface area contributed by atoms with Crippen LogP contribution in [-0.4, -0.2) is 17.1 Å². The van der Waals surface area contributed by atoms with E-state index >= 15 is 0 Å². The Morgan fingerprint density at radius 1 is 1.03 bits per heavy atom. The quantitative estimate of drug-likeness (QED) is 0.233. The van der Waals surface area contributed by atoms with Crippen molar-refractivity contribution in [3.05, 3.63) is 101 Å². The van der Waals surface area contributed by atoms with Gasteiger partial charge in [-0.2, -0.15) is 5.10 Å². The number of nitrogens with one attached hydrogen (secondary N) is 2. The number of carbonyl (C=O) groups is 1. The largest absolute Gasteiger partial charge is 0.361 e. The van der Waals surface area contributed by atoms with Crippen LogP contribution in [0, 0.1) is 0 Å². The van der Waals surface area contributed by atoms with Gasteiger partial charge in [-0.15, -0.1) is 11.8 Å². The van der Waals surface area contributed by atoms with E-state index in [0.29, 0.717) is 5.56 Å². The first-order valence-electron chi connectivity index (χ1n) is 9.06. The Morgan fingerprint density at radius 2 is 1.79 bits per heavy atom. The number of hydrogen-bond donors (Lipinski definition) is 2. The van der Waals surface area contributed by atoms with Gasteiger partial charge in [0.2, 0.25) is 0 Å². The summed E-state index contributed by atoms with van der Waals surface area (Å²) in [7, 11) is 0. The molecule has 0 fully saturated rings. The van der Waals surface area contributed by atoms with Gasteiger partial charge in [-0.25, -0.2) is 5.43 Å². The third-order valence-electron chi connectivity index (χ3n) is 4.43. The maximum atomic E-state index is 12.3. The zero-order valence-electron chi connectivity index (χ0n) is 15.4. The van der Waals surface area contributed by atoms with E-state index in [4.69, 9.17) is 11.6 Å². The lowest BCUT2D eigenvalue weighted by atomic mass is 10.1. The van der Waals surface area contributed by atoms with Gasteiger partial charge in [-0.1, -0.05) is 41.9 Å². The molecule has 0 aliphatic rings. The number of aromatic nitrogens is 1. The van der Waals surface area contributed by atoms with Crippen molar-refractivity contribution < 1.29 is 4.79 Å². The highest BCUT2D eigenvalue weighted by molar-refractivity contribution is 7.98. The van der Waals surface area contributed by atoms with Crippen molar-refractivity contribution in [3.8, 4) is 0 Å². The van der Waals surface area contributed by atoms with Crippen LogP contribution in [-0.2, 0) is 5.75 Å². The lowest BCUT2D eigenvalue weighted by Crippen LogP contribution is -2.17. The standard InChI is InChI=1S/C23H18ClN3OS/c24-19-9-11-20(12-10-19)29-15-16-5-7-17(8-6-16)23(28)27-26-14-18-13-25-22-4-2-1-3-21(18)22/h1-14,25H,15H2,(H,27,28). The van der Waals surface area contributed by atoms with E-state index < -0.39 is 0 Å². The summed E-state index contributed by atoms with van der Waals surface area (Å²) in [6.45, 7) is 0. The molecule has 3 aromatic carbocycles. The fourth-order valence-electron chi connectivity index (χ4n) is 2.88. The molecule has 0 saturated heterocycles. The summed E-state index contributed by atoms with van der Waals surface area (Å²) >= 11 is 7.63. The fourth-order valence-corrected chi connectivity index (χ4v) is 3.86. The molecule has 29 heavy (non-hydrogen) atoms. The van der Waals surface area contributed by atoms with Gasteiger partial charge in [0.25, 0.3) is 5.91 Å². The molecule has 2 N–H and O–H groups in total. The third kappa shape index (κ3) is 4.88. The van der Waals surface area contributed by atoms with E-state index in [2.05, 4.69) is 15.5 Å². The van der Waals surface area contributed by atoms with Crippen molar-refractivity contribution in [2.24, 2.45) is 5.10 Å². The van der Waals surface area contributed by atoms with Gasteiger partial charge >= 0.3 is 0 Å². The molecule has 0 radical (unpaired) electrons. The molecule has 0 unspecified atom stereocenters. The number of H-pyrrole nitrogens is 1. The number of rotatable bonds is 6. The second-order valence-electron chi connectivity index (χ2n) is 6.43. The summed E-state index contributed by atoms with van der Waals surface area (Å²) in [6, 6.07) is 23.3. The number of halogens is 1. The molecule has 4 nitrogen and oxygen atoms in total. The van der Waals surface area contributed by atoms with Gasteiger partial charge in [0.15, 0.2) is 0 Å². The lowest BCUT2D eigenvalue weighted by molar-refractivity contribution is 0.0955. The summed E-state index contributed by atoms with van der Waals surface area (Å²) < 4.78 is 0. The molecule has 0 saturated carbocycles. The SMILES string of the molecule is O=C(NN=Cc1c[nH]c2ccccc12)c1ccc(CSc2ccc(Cl)cc2)cc1. The van der Waals surface area contributed by atoms with Gasteiger partial charge < -0.3 is 4.98 Å². The molecule has 0 aliphatic carbocycles. The zero-order chi connectivity index (χ0) is 20.1. The topological polar surface area (TPSA) is 57.2 Å². The number of nitrogens with zero attached hydrogens (tertiary/aromatic N) is 1. The number of fused-ring (bicyclic) bond motifs is 1. The van der Waals surface area contributed by atoms with Crippen LogP contribution < -0.4 is 5.43 Å². The number of hydrazone groups is 1. The molecular formula is C23H18ClN3OS. The Hall–Kier alpha value is -3.02. The fraction of sp³-hybridized carbons (Fsp3) is 0.0435. The molecular weight excluding hydrogens is 402 g/mol. The van der Waals surface area contributed by atoms with Crippen molar-refractivity contribution >= 4 is 46.4 Å². The van der Waals surface area contributed by atoms with E-state index in [1.165, 1.54) is 0 Å². The summed E-state index contributed by atoms with van der Waals surface area (Å²) in [6.07, 6.45) is 3.52. The highest BCUT2D eigenvalue weighted by Crippen LogP contribution is 2.24. The van der Waals surface area contributed by atoms with Crippen LogP contribution in [0.5, 0.6) is 0 Å². The van der Waals surface area contributed by atoms with Crippen molar-refractivity contribution in [2.45, 2.75) is 10.6 Å². The van der Waals surface area contributed by atoms with Gasteiger partial charge in [0.1, 0.15) is 0 Å². The number of amides is 1. The monoisotopic (exact) mass is 419 g/mol. The predicted molar refractivity (Wildman–Crippen MR) is 121 cm³/mol. The van der Waals surface area contributed by atoms with Crippen LogP contribution in [0.25, 0.3) is 10.9 Å². The van der Waals surface area contributed by atoms with Crippen LogP contribution in [0.2, 0.25) is 5.02 Å². The van der Waals surface area contributed by atoms with E-state index in [1.54, 1.807) is 18.0 Å². The minimum Gasteiger partial charge on any atom is -0.361 e. The Bertz CT molecular complexity index is 1150. The number of para-hydroxylation sites is 1. The smallest absolute Gasteiger partial charge is 0.271 e. The normalized spacial score (nSPS) is 11.2. The molecule has 1 aromatic heterocycles. The molecule has 0 aliphatic heterocycles. The molecule has 0 atom stereocenters. The first-order chi connectivity index (χ1) is 14.2. The minimum atomic E-state index is -0.238. The van der Waals surface area contributed by atoms with Crippen LogP contribution >= 0.6 is 23.4 Å². The highest BCUT2D eigenvalue weighted by atomic mass is 35.5. The van der Waals surface area contributed by atoms with Gasteiger partial charge in [0, 0.05) is 43.9 Å². The van der Waals surface area contributed by atoms with Gasteiger partial charge in [-0.05, 0) is 48.0 Å². The minimum absolute atomic E-state index is 0.238. The van der Waals surface area contributed by atoms with Crippen molar-refractivity contribution in [1.82, 2.24) is 10.4 Å². The van der Waals surface area contributed by atoms with Crippen LogP contribution in [0.3, 0.4) is 0 Å². The Morgan fingerprint density at radius 3 is 2.59 bits per heavy atom. The van der Waals surface area contributed by atoms with Crippen LogP contribution in [0.15, 0.2) is 89.0 Å². The molecule has 1 amide bonds. The predicted octanol–water partition coefficient (Wildman–Crippen LogP) is 5.88. The lowest BCUT2D eigenvalue weighted by Gasteiger charge is -2.04. The Balaban J connectivity index is 1.33. The number of benzene rings is 3. The van der Waals surface area contributed by atoms with Crippen LogP contribution in [0.1, 0.15) is 21.5 Å². The maximum Gasteiger partial charge on any atom is 0.271 e. The van der Waals surface area contributed by atoms with Gasteiger partial charge in [-0.3, -0.25) is 4.79 Å². The van der Waals surface area contributed by atoms with E-state index in [0.717, 1.165) is 37.7 Å². The second kappa shape index (κ2) is 8.99. The summed E-state index contributed by atoms with van der Waals surface area (Å²) in [5.74, 6) is 0.584. The van der Waals surface area contributed by atoms with E-state index in [9.17, 15) is 4.79 Å². The Kier molecular flexibility index (Phi) is 5.98. The number of aromatic amines is 1. The average Bonchev–Trinajstić information content (AvgIpc) is 3.17. The second-order valence-corrected chi connectivity index (χ2v) is 7.91. The molecule has 0 spiro atoms. The Labute approximate surface area is 178 Å². The van der Waals surface area contributed by atoms with Crippen molar-refractivity contribution in [2.75, 3.05) is 0 Å². The molecule has 1 heterocycles. The maximum absolute atomic E-state index is 12.3. The highest BCUT2D eigenvalue weighted by Gasteiger charge is 2.05. The van der Waals surface area contributed by atoms with Gasteiger partial charge in [0.05, 0.1) is 6.21 Å². The number of thioether (sulfide) groups is 1. The molecule has 0 bridgehead atoms.